The van der Waals surface area contributed by atoms with Gasteiger partial charge in [-0.25, -0.2) is 0 Å². The van der Waals surface area contributed by atoms with Crippen molar-refractivity contribution in [3.8, 4) is 16.9 Å². The van der Waals surface area contributed by atoms with Gasteiger partial charge in [0.15, 0.2) is 0 Å². The number of hydrogen-bond acceptors (Lipinski definition) is 4. The fourth-order valence-electron chi connectivity index (χ4n) is 3.39. The molecule has 0 spiro atoms. The van der Waals surface area contributed by atoms with Crippen molar-refractivity contribution in [2.45, 2.75) is 19.3 Å². The number of pyridine rings is 1. The van der Waals surface area contributed by atoms with Crippen LogP contribution in [0.2, 0.25) is 0 Å². The van der Waals surface area contributed by atoms with Crippen molar-refractivity contribution in [2.75, 3.05) is 19.7 Å². The summed E-state index contributed by atoms with van der Waals surface area (Å²) in [5.74, 6) is 1.17. The molecule has 1 atom stereocenters. The molecule has 6 heteroatoms. The SMILES string of the molecule is O=C1CCC(CNC(=O)c2cncc(-c3ccc4c(c3)CCO4)c2)CN1. The first-order valence-electron chi connectivity index (χ1n) is 8.95. The number of amides is 2. The van der Waals surface area contributed by atoms with Crippen LogP contribution in [0.25, 0.3) is 11.1 Å². The predicted molar refractivity (Wildman–Crippen MR) is 96.9 cm³/mol. The molecule has 1 aromatic heterocycles. The molecule has 134 valence electrons. The van der Waals surface area contributed by atoms with Gasteiger partial charge in [0.1, 0.15) is 5.75 Å². The highest BCUT2D eigenvalue weighted by molar-refractivity contribution is 5.95. The topological polar surface area (TPSA) is 80.3 Å². The Morgan fingerprint density at radius 2 is 2.15 bits per heavy atom. The predicted octanol–water partition coefficient (Wildman–Crippen LogP) is 1.94. The molecular formula is C20H21N3O3. The van der Waals surface area contributed by atoms with Crippen LogP contribution in [-0.2, 0) is 11.2 Å². The molecule has 2 aliphatic rings. The van der Waals surface area contributed by atoms with E-state index in [1.54, 1.807) is 12.4 Å². The molecule has 1 saturated heterocycles. The van der Waals surface area contributed by atoms with E-state index in [9.17, 15) is 9.59 Å². The fraction of sp³-hybridized carbons (Fsp3) is 0.350. The number of nitrogens with one attached hydrogen (secondary N) is 2. The number of carbonyl (C=O) groups excluding carboxylic acids is 2. The Morgan fingerprint density at radius 1 is 1.23 bits per heavy atom. The van der Waals surface area contributed by atoms with Crippen LogP contribution in [0.4, 0.5) is 0 Å². The molecule has 2 aromatic rings. The average Bonchev–Trinajstić information content (AvgIpc) is 3.15. The molecule has 4 rings (SSSR count). The lowest BCUT2D eigenvalue weighted by molar-refractivity contribution is -0.122. The molecule has 0 saturated carbocycles. The Bertz CT molecular complexity index is 840. The molecule has 1 aromatic carbocycles. The molecule has 2 N–H and O–H groups in total. The number of carbonyl (C=O) groups is 2. The third kappa shape index (κ3) is 3.54. The largest absolute Gasteiger partial charge is 0.493 e. The summed E-state index contributed by atoms with van der Waals surface area (Å²) in [4.78, 5) is 27.9. The van der Waals surface area contributed by atoms with Crippen molar-refractivity contribution < 1.29 is 14.3 Å². The number of fused-ring (bicyclic) bond motifs is 1. The number of nitrogens with zero attached hydrogens (tertiary/aromatic N) is 1. The fourth-order valence-corrected chi connectivity index (χ4v) is 3.39. The molecule has 0 radical (unpaired) electrons. The van der Waals surface area contributed by atoms with Crippen LogP contribution in [0.3, 0.4) is 0 Å². The molecule has 2 amide bonds. The minimum atomic E-state index is -0.138. The van der Waals surface area contributed by atoms with Crippen molar-refractivity contribution in [3.63, 3.8) is 0 Å². The average molecular weight is 351 g/mol. The van der Waals surface area contributed by atoms with E-state index in [1.807, 2.05) is 18.2 Å². The van der Waals surface area contributed by atoms with Gasteiger partial charge in [-0.3, -0.25) is 14.6 Å². The zero-order valence-electron chi connectivity index (χ0n) is 14.5. The summed E-state index contributed by atoms with van der Waals surface area (Å²) >= 11 is 0. The maximum absolute atomic E-state index is 12.5. The van der Waals surface area contributed by atoms with Gasteiger partial charge in [-0.05, 0) is 41.7 Å². The van der Waals surface area contributed by atoms with Crippen LogP contribution in [0.15, 0.2) is 36.7 Å². The van der Waals surface area contributed by atoms with Gasteiger partial charge in [-0.2, -0.15) is 0 Å². The lowest BCUT2D eigenvalue weighted by Gasteiger charge is -2.22. The van der Waals surface area contributed by atoms with E-state index < -0.39 is 0 Å². The maximum atomic E-state index is 12.5. The summed E-state index contributed by atoms with van der Waals surface area (Å²) in [6.07, 6.45) is 5.60. The van der Waals surface area contributed by atoms with Gasteiger partial charge in [0, 0.05) is 43.9 Å². The summed E-state index contributed by atoms with van der Waals surface area (Å²) in [5, 5.41) is 5.79. The zero-order valence-corrected chi connectivity index (χ0v) is 14.5. The highest BCUT2D eigenvalue weighted by atomic mass is 16.5. The van der Waals surface area contributed by atoms with E-state index in [4.69, 9.17) is 4.74 Å². The molecule has 0 bridgehead atoms. The van der Waals surface area contributed by atoms with E-state index in [0.717, 1.165) is 36.3 Å². The minimum absolute atomic E-state index is 0.0872. The van der Waals surface area contributed by atoms with Crippen molar-refractivity contribution in [1.29, 1.82) is 0 Å². The van der Waals surface area contributed by atoms with Gasteiger partial charge in [0.25, 0.3) is 5.91 Å². The smallest absolute Gasteiger partial charge is 0.252 e. The number of rotatable bonds is 4. The number of hydrogen-bond donors (Lipinski definition) is 2. The van der Waals surface area contributed by atoms with Crippen LogP contribution in [0.5, 0.6) is 5.75 Å². The second-order valence-corrected chi connectivity index (χ2v) is 6.80. The number of aromatic nitrogens is 1. The van der Waals surface area contributed by atoms with Gasteiger partial charge in [-0.15, -0.1) is 0 Å². The number of benzene rings is 1. The summed E-state index contributed by atoms with van der Waals surface area (Å²) < 4.78 is 5.54. The highest BCUT2D eigenvalue weighted by Gasteiger charge is 2.19. The van der Waals surface area contributed by atoms with E-state index in [2.05, 4.69) is 21.7 Å². The molecule has 2 aliphatic heterocycles. The van der Waals surface area contributed by atoms with Crippen LogP contribution in [-0.4, -0.2) is 36.5 Å². The quantitative estimate of drug-likeness (QED) is 0.882. The second kappa shape index (κ2) is 7.15. The first-order valence-corrected chi connectivity index (χ1v) is 8.95. The second-order valence-electron chi connectivity index (χ2n) is 6.80. The molecule has 26 heavy (non-hydrogen) atoms. The highest BCUT2D eigenvalue weighted by Crippen LogP contribution is 2.30. The van der Waals surface area contributed by atoms with E-state index in [0.29, 0.717) is 25.1 Å². The van der Waals surface area contributed by atoms with Gasteiger partial charge in [-0.1, -0.05) is 6.07 Å². The zero-order chi connectivity index (χ0) is 17.9. The van der Waals surface area contributed by atoms with Gasteiger partial charge in [0.05, 0.1) is 12.2 Å². The monoisotopic (exact) mass is 351 g/mol. The van der Waals surface area contributed by atoms with Gasteiger partial charge in [0.2, 0.25) is 5.91 Å². The number of piperidine rings is 1. The van der Waals surface area contributed by atoms with Crippen molar-refractivity contribution in [2.24, 2.45) is 5.92 Å². The molecule has 3 heterocycles. The van der Waals surface area contributed by atoms with E-state index in [1.165, 1.54) is 5.56 Å². The van der Waals surface area contributed by atoms with Crippen LogP contribution in [0.1, 0.15) is 28.8 Å². The summed E-state index contributed by atoms with van der Waals surface area (Å²) in [5.41, 5.74) is 3.68. The lowest BCUT2D eigenvalue weighted by Crippen LogP contribution is -2.40. The Morgan fingerprint density at radius 3 is 3.00 bits per heavy atom. The Kier molecular flexibility index (Phi) is 4.56. The Balaban J connectivity index is 1.43. The number of ether oxygens (including phenoxy) is 1. The normalized spacial score (nSPS) is 18.6. The van der Waals surface area contributed by atoms with Crippen molar-refractivity contribution in [1.82, 2.24) is 15.6 Å². The third-order valence-electron chi connectivity index (χ3n) is 4.94. The molecule has 1 fully saturated rings. The Labute approximate surface area is 152 Å². The molecule has 1 unspecified atom stereocenters. The van der Waals surface area contributed by atoms with Crippen LogP contribution in [0, 0.1) is 5.92 Å². The van der Waals surface area contributed by atoms with Gasteiger partial charge < -0.3 is 15.4 Å². The first-order chi connectivity index (χ1) is 12.7. The third-order valence-corrected chi connectivity index (χ3v) is 4.94. The first kappa shape index (κ1) is 16.6. The van der Waals surface area contributed by atoms with Gasteiger partial charge >= 0.3 is 0 Å². The van der Waals surface area contributed by atoms with E-state index in [-0.39, 0.29) is 17.7 Å². The standard InChI is InChI=1S/C20H21N3O3/c24-19-4-1-13(9-22-19)10-23-20(25)17-8-16(11-21-12-17)14-2-3-18-15(7-14)5-6-26-18/h2-3,7-8,11-13H,1,4-6,9-10H2,(H,22,24)(H,23,25). The summed E-state index contributed by atoms with van der Waals surface area (Å²) in [6, 6.07) is 7.93. The summed E-state index contributed by atoms with van der Waals surface area (Å²) in [6.45, 7) is 1.90. The van der Waals surface area contributed by atoms with E-state index >= 15 is 0 Å². The minimum Gasteiger partial charge on any atom is -0.493 e. The Hall–Kier alpha value is -2.89. The van der Waals surface area contributed by atoms with Crippen molar-refractivity contribution >= 4 is 11.8 Å². The lowest BCUT2D eigenvalue weighted by atomic mass is 9.99. The molecule has 6 nitrogen and oxygen atoms in total. The maximum Gasteiger partial charge on any atom is 0.252 e. The molecule has 0 aliphatic carbocycles. The van der Waals surface area contributed by atoms with Crippen molar-refractivity contribution in [3.05, 3.63) is 47.8 Å². The molecular weight excluding hydrogens is 330 g/mol. The van der Waals surface area contributed by atoms with Crippen LogP contribution >= 0.6 is 0 Å². The summed E-state index contributed by atoms with van der Waals surface area (Å²) in [7, 11) is 0. The van der Waals surface area contributed by atoms with Crippen LogP contribution < -0.4 is 15.4 Å².